The summed E-state index contributed by atoms with van der Waals surface area (Å²) in [4.78, 5) is 14.1. The van der Waals surface area contributed by atoms with Crippen LogP contribution in [0, 0.1) is 10.1 Å². The number of halogens is 1. The van der Waals surface area contributed by atoms with E-state index < -0.39 is 4.92 Å². The van der Waals surface area contributed by atoms with Gasteiger partial charge in [0.1, 0.15) is 5.15 Å². The molecule has 0 bridgehead atoms. The molecule has 0 aliphatic carbocycles. The fraction of sp³-hybridized carbons (Fsp3) is 0.154. The Labute approximate surface area is 124 Å². The van der Waals surface area contributed by atoms with E-state index in [9.17, 15) is 10.1 Å². The summed E-state index contributed by atoms with van der Waals surface area (Å²) >= 11 is 5.73. The molecule has 0 unspecified atom stereocenters. The van der Waals surface area contributed by atoms with Gasteiger partial charge >= 0.3 is 11.6 Å². The number of rotatable bonds is 5. The summed E-state index contributed by atoms with van der Waals surface area (Å²) in [7, 11) is 1.42. The SMILES string of the molecule is COc1cc(CO)ccc1Oc1nc(Cl)ccc1[N+](=O)[O-]. The lowest BCUT2D eigenvalue weighted by atomic mass is 10.2. The first-order valence-corrected chi connectivity index (χ1v) is 6.19. The van der Waals surface area contributed by atoms with E-state index >= 15 is 0 Å². The van der Waals surface area contributed by atoms with Crippen LogP contribution >= 0.6 is 11.6 Å². The lowest BCUT2D eigenvalue weighted by molar-refractivity contribution is -0.386. The summed E-state index contributed by atoms with van der Waals surface area (Å²) in [5.74, 6) is 0.313. The van der Waals surface area contributed by atoms with Crippen molar-refractivity contribution in [2.45, 2.75) is 6.61 Å². The molecule has 1 aromatic carbocycles. The predicted molar refractivity (Wildman–Crippen MR) is 74.9 cm³/mol. The molecule has 0 fully saturated rings. The Bertz CT molecular complexity index is 678. The highest BCUT2D eigenvalue weighted by Gasteiger charge is 2.19. The maximum Gasteiger partial charge on any atom is 0.331 e. The van der Waals surface area contributed by atoms with Gasteiger partial charge in [-0.2, -0.15) is 4.98 Å². The number of nitro groups is 1. The minimum Gasteiger partial charge on any atom is -0.493 e. The van der Waals surface area contributed by atoms with E-state index in [1.807, 2.05) is 0 Å². The number of hydrogen-bond acceptors (Lipinski definition) is 6. The number of pyridine rings is 1. The summed E-state index contributed by atoms with van der Waals surface area (Å²) in [6, 6.07) is 7.20. The standard InChI is InChI=1S/C13H11ClN2O5/c1-20-11-6-8(7-17)2-4-10(11)21-13-9(16(18)19)3-5-12(14)15-13/h2-6,17H,7H2,1H3. The monoisotopic (exact) mass is 310 g/mol. The minimum atomic E-state index is -0.618. The van der Waals surface area contributed by atoms with Gasteiger partial charge in [0.2, 0.25) is 0 Å². The summed E-state index contributed by atoms with van der Waals surface area (Å²) < 4.78 is 10.6. The van der Waals surface area contributed by atoms with Crippen molar-refractivity contribution < 1.29 is 19.5 Å². The van der Waals surface area contributed by atoms with Crippen molar-refractivity contribution in [1.82, 2.24) is 4.98 Å². The molecule has 0 atom stereocenters. The zero-order valence-corrected chi connectivity index (χ0v) is 11.7. The number of ether oxygens (including phenoxy) is 2. The number of methoxy groups -OCH3 is 1. The average Bonchev–Trinajstić information content (AvgIpc) is 2.47. The fourth-order valence-electron chi connectivity index (χ4n) is 1.62. The van der Waals surface area contributed by atoms with Crippen molar-refractivity contribution in [2.24, 2.45) is 0 Å². The van der Waals surface area contributed by atoms with Gasteiger partial charge in [0.05, 0.1) is 18.6 Å². The van der Waals surface area contributed by atoms with Crippen molar-refractivity contribution >= 4 is 17.3 Å². The Morgan fingerprint density at radius 1 is 1.33 bits per heavy atom. The number of aliphatic hydroxyl groups is 1. The Morgan fingerprint density at radius 3 is 2.71 bits per heavy atom. The molecule has 0 aliphatic rings. The van der Waals surface area contributed by atoms with Gasteiger partial charge in [-0.1, -0.05) is 17.7 Å². The molecule has 7 nitrogen and oxygen atoms in total. The van der Waals surface area contributed by atoms with Gasteiger partial charge in [-0.3, -0.25) is 10.1 Å². The molecular weight excluding hydrogens is 300 g/mol. The van der Waals surface area contributed by atoms with Crippen LogP contribution in [0.1, 0.15) is 5.56 Å². The molecule has 1 aromatic heterocycles. The largest absolute Gasteiger partial charge is 0.493 e. The Kier molecular flexibility index (Phi) is 4.56. The van der Waals surface area contributed by atoms with Crippen LogP contribution in [-0.2, 0) is 6.61 Å². The summed E-state index contributed by atoms with van der Waals surface area (Å²) in [6.07, 6.45) is 0. The maximum absolute atomic E-state index is 11.0. The smallest absolute Gasteiger partial charge is 0.331 e. The van der Waals surface area contributed by atoms with Gasteiger partial charge in [-0.25, -0.2) is 0 Å². The quantitative estimate of drug-likeness (QED) is 0.518. The van der Waals surface area contributed by atoms with E-state index in [0.717, 1.165) is 0 Å². The first-order chi connectivity index (χ1) is 10.0. The van der Waals surface area contributed by atoms with Crippen molar-refractivity contribution in [3.8, 4) is 17.4 Å². The number of nitrogens with zero attached hydrogens (tertiary/aromatic N) is 2. The average molecular weight is 311 g/mol. The molecule has 2 aromatic rings. The number of benzene rings is 1. The second-order valence-corrected chi connectivity index (χ2v) is 4.35. The van der Waals surface area contributed by atoms with E-state index in [-0.39, 0.29) is 29.1 Å². The normalized spacial score (nSPS) is 10.2. The van der Waals surface area contributed by atoms with Gasteiger partial charge in [-0.05, 0) is 23.8 Å². The third kappa shape index (κ3) is 3.39. The highest BCUT2D eigenvalue weighted by molar-refractivity contribution is 6.29. The third-order valence-corrected chi connectivity index (χ3v) is 2.83. The molecule has 1 N–H and O–H groups in total. The molecule has 0 aliphatic heterocycles. The van der Waals surface area contributed by atoms with Crippen LogP contribution in [0.25, 0.3) is 0 Å². The van der Waals surface area contributed by atoms with Gasteiger partial charge in [-0.15, -0.1) is 0 Å². The fourth-order valence-corrected chi connectivity index (χ4v) is 1.76. The first kappa shape index (κ1) is 15.0. The Morgan fingerprint density at radius 2 is 2.10 bits per heavy atom. The number of aliphatic hydroxyl groups excluding tert-OH is 1. The zero-order chi connectivity index (χ0) is 15.4. The van der Waals surface area contributed by atoms with Crippen LogP contribution in [0.5, 0.6) is 17.4 Å². The van der Waals surface area contributed by atoms with E-state index in [1.54, 1.807) is 12.1 Å². The number of aromatic nitrogens is 1. The topological polar surface area (TPSA) is 94.7 Å². The van der Waals surface area contributed by atoms with Crippen molar-refractivity contribution in [3.05, 3.63) is 51.2 Å². The molecule has 0 amide bonds. The van der Waals surface area contributed by atoms with Gasteiger partial charge in [0, 0.05) is 6.07 Å². The first-order valence-electron chi connectivity index (χ1n) is 5.81. The van der Waals surface area contributed by atoms with E-state index in [4.69, 9.17) is 26.2 Å². The van der Waals surface area contributed by atoms with Gasteiger partial charge in [0.15, 0.2) is 11.5 Å². The van der Waals surface area contributed by atoms with Crippen LogP contribution in [0.15, 0.2) is 30.3 Å². The van der Waals surface area contributed by atoms with Crippen LogP contribution in [0.3, 0.4) is 0 Å². The van der Waals surface area contributed by atoms with Crippen LogP contribution in [0.4, 0.5) is 5.69 Å². The van der Waals surface area contributed by atoms with E-state index in [2.05, 4.69) is 4.98 Å². The molecule has 21 heavy (non-hydrogen) atoms. The summed E-state index contributed by atoms with van der Waals surface area (Å²) in [5, 5.41) is 20.1. The van der Waals surface area contributed by atoms with Crippen LogP contribution in [0.2, 0.25) is 5.15 Å². The highest BCUT2D eigenvalue weighted by Crippen LogP contribution is 2.36. The predicted octanol–water partition coefficient (Wildman–Crippen LogP) is 2.94. The van der Waals surface area contributed by atoms with Crippen LogP contribution in [-0.4, -0.2) is 22.1 Å². The molecule has 1 heterocycles. The molecular formula is C13H11ClN2O5. The summed E-state index contributed by atoms with van der Waals surface area (Å²) in [5.41, 5.74) is 0.306. The van der Waals surface area contributed by atoms with Crippen molar-refractivity contribution in [2.75, 3.05) is 7.11 Å². The van der Waals surface area contributed by atoms with Gasteiger partial charge < -0.3 is 14.6 Å². The molecule has 8 heteroatoms. The second kappa shape index (κ2) is 6.38. The minimum absolute atomic E-state index is 0.0709. The maximum atomic E-state index is 11.0. The molecule has 0 saturated heterocycles. The Balaban J connectivity index is 2.42. The van der Waals surface area contributed by atoms with Crippen LogP contribution < -0.4 is 9.47 Å². The summed E-state index contributed by atoms with van der Waals surface area (Å²) in [6.45, 7) is -0.161. The van der Waals surface area contributed by atoms with Crippen molar-refractivity contribution in [1.29, 1.82) is 0 Å². The second-order valence-electron chi connectivity index (χ2n) is 3.96. The lowest BCUT2D eigenvalue weighted by Crippen LogP contribution is -1.98. The van der Waals surface area contributed by atoms with Gasteiger partial charge in [0.25, 0.3) is 0 Å². The lowest BCUT2D eigenvalue weighted by Gasteiger charge is -2.10. The molecule has 0 spiro atoms. The molecule has 0 saturated carbocycles. The van der Waals surface area contributed by atoms with E-state index in [0.29, 0.717) is 11.3 Å². The zero-order valence-electron chi connectivity index (χ0n) is 10.9. The molecule has 2 rings (SSSR count). The Hall–Kier alpha value is -2.38. The number of hydrogen-bond donors (Lipinski definition) is 1. The molecule has 0 radical (unpaired) electrons. The van der Waals surface area contributed by atoms with Crippen molar-refractivity contribution in [3.63, 3.8) is 0 Å². The third-order valence-electron chi connectivity index (χ3n) is 2.62. The molecule has 110 valence electrons. The van der Waals surface area contributed by atoms with E-state index in [1.165, 1.54) is 25.3 Å². The highest BCUT2D eigenvalue weighted by atomic mass is 35.5.